The van der Waals surface area contributed by atoms with Gasteiger partial charge in [-0.25, -0.2) is 0 Å². The van der Waals surface area contributed by atoms with Crippen LogP contribution in [0.4, 0.5) is 0 Å². The second-order valence-corrected chi connectivity index (χ2v) is 7.25. The average molecular weight is 268 g/mol. The molecule has 1 aliphatic rings. The summed E-state index contributed by atoms with van der Waals surface area (Å²) in [4.78, 5) is 0. The van der Waals surface area contributed by atoms with Crippen molar-refractivity contribution in [2.75, 3.05) is 13.1 Å². The molecule has 1 nitrogen and oxygen atoms in total. The highest BCUT2D eigenvalue weighted by atomic mass is 14.9. The number of hydrogen-bond acceptors (Lipinski definition) is 1. The van der Waals surface area contributed by atoms with Crippen molar-refractivity contribution in [2.24, 2.45) is 11.3 Å². The van der Waals surface area contributed by atoms with Crippen LogP contribution in [0, 0.1) is 11.3 Å². The van der Waals surface area contributed by atoms with Crippen LogP contribution < -0.4 is 5.32 Å². The van der Waals surface area contributed by atoms with Gasteiger partial charge in [0.25, 0.3) is 0 Å². The molecule has 114 valence electrons. The van der Waals surface area contributed by atoms with Crippen LogP contribution in [0.5, 0.6) is 0 Å². The molecule has 0 aliphatic heterocycles. The Hall–Kier alpha value is -0.0400. The van der Waals surface area contributed by atoms with Crippen molar-refractivity contribution < 1.29 is 0 Å². The lowest BCUT2D eigenvalue weighted by molar-refractivity contribution is 0.390. The molecule has 0 aromatic carbocycles. The number of unbranched alkanes of at least 4 members (excludes halogenated alkanes) is 7. The molecule has 0 heterocycles. The van der Waals surface area contributed by atoms with Gasteiger partial charge in [-0.2, -0.15) is 0 Å². The van der Waals surface area contributed by atoms with Crippen LogP contribution in [0.3, 0.4) is 0 Å². The van der Waals surface area contributed by atoms with E-state index in [0.717, 1.165) is 11.3 Å². The Balaban J connectivity index is 1.88. The van der Waals surface area contributed by atoms with Crippen molar-refractivity contribution in [3.63, 3.8) is 0 Å². The Morgan fingerprint density at radius 1 is 0.895 bits per heavy atom. The minimum absolute atomic E-state index is 0.719. The summed E-state index contributed by atoms with van der Waals surface area (Å²) in [7, 11) is 0. The van der Waals surface area contributed by atoms with Gasteiger partial charge in [0, 0.05) is 6.54 Å². The van der Waals surface area contributed by atoms with E-state index in [4.69, 9.17) is 0 Å². The zero-order chi connectivity index (χ0) is 14.0. The van der Waals surface area contributed by atoms with Crippen LogP contribution in [0.25, 0.3) is 0 Å². The maximum atomic E-state index is 3.66. The fourth-order valence-electron chi connectivity index (χ4n) is 2.95. The SMILES string of the molecule is CCCCCCCCCCC1(CNCC(C)C)CC1. The molecule has 1 N–H and O–H groups in total. The normalized spacial score (nSPS) is 17.1. The maximum Gasteiger partial charge on any atom is 0.000792 e. The second-order valence-electron chi connectivity index (χ2n) is 7.25. The quantitative estimate of drug-likeness (QED) is 0.432. The Morgan fingerprint density at radius 2 is 1.47 bits per heavy atom. The van der Waals surface area contributed by atoms with E-state index in [1.807, 2.05) is 0 Å². The van der Waals surface area contributed by atoms with Crippen LogP contribution in [0.1, 0.15) is 91.4 Å². The van der Waals surface area contributed by atoms with Gasteiger partial charge in [-0.1, -0.05) is 72.1 Å². The molecule has 0 amide bonds. The van der Waals surface area contributed by atoms with Gasteiger partial charge in [0.05, 0.1) is 0 Å². The number of nitrogens with one attached hydrogen (secondary N) is 1. The molecule has 1 heteroatoms. The maximum absolute atomic E-state index is 3.66. The van der Waals surface area contributed by atoms with Crippen LogP contribution in [0.15, 0.2) is 0 Å². The molecule has 0 radical (unpaired) electrons. The minimum atomic E-state index is 0.719. The molecule has 19 heavy (non-hydrogen) atoms. The van der Waals surface area contributed by atoms with Gasteiger partial charge in [-0.15, -0.1) is 0 Å². The van der Waals surface area contributed by atoms with E-state index in [-0.39, 0.29) is 0 Å². The molecule has 0 bridgehead atoms. The van der Waals surface area contributed by atoms with Gasteiger partial charge in [0.2, 0.25) is 0 Å². The topological polar surface area (TPSA) is 12.0 Å². The van der Waals surface area contributed by atoms with Gasteiger partial charge in [-0.3, -0.25) is 0 Å². The highest BCUT2D eigenvalue weighted by Crippen LogP contribution is 2.49. The highest BCUT2D eigenvalue weighted by Gasteiger charge is 2.40. The van der Waals surface area contributed by atoms with E-state index in [0.29, 0.717) is 0 Å². The first kappa shape index (κ1) is 17.0. The minimum Gasteiger partial charge on any atom is -0.316 e. The van der Waals surface area contributed by atoms with Crippen LogP contribution in [0.2, 0.25) is 0 Å². The van der Waals surface area contributed by atoms with E-state index >= 15 is 0 Å². The third kappa shape index (κ3) is 8.68. The molecular weight excluding hydrogens is 230 g/mol. The van der Waals surface area contributed by atoms with Gasteiger partial charge in [-0.05, 0) is 37.1 Å². The van der Waals surface area contributed by atoms with E-state index in [2.05, 4.69) is 26.1 Å². The Morgan fingerprint density at radius 3 is 2.00 bits per heavy atom. The molecule has 0 atom stereocenters. The molecule has 1 aliphatic carbocycles. The standard InChI is InChI=1S/C18H37N/c1-4-5-6-7-8-9-10-11-12-18(13-14-18)16-19-15-17(2)3/h17,19H,4-16H2,1-3H3. The van der Waals surface area contributed by atoms with Crippen molar-refractivity contribution in [2.45, 2.75) is 91.4 Å². The lowest BCUT2D eigenvalue weighted by atomic mass is 9.97. The predicted octanol–water partition coefficient (Wildman–Crippen LogP) is 5.54. The van der Waals surface area contributed by atoms with Crippen LogP contribution in [-0.4, -0.2) is 13.1 Å². The zero-order valence-electron chi connectivity index (χ0n) is 13.8. The molecule has 0 spiro atoms. The smallest absolute Gasteiger partial charge is 0.000792 e. The zero-order valence-corrected chi connectivity index (χ0v) is 13.8. The monoisotopic (exact) mass is 267 g/mol. The summed E-state index contributed by atoms with van der Waals surface area (Å²) in [6.07, 6.45) is 16.0. The molecule has 0 aromatic heterocycles. The van der Waals surface area contributed by atoms with E-state index < -0.39 is 0 Å². The number of hydrogen-bond donors (Lipinski definition) is 1. The lowest BCUT2D eigenvalue weighted by Gasteiger charge is -2.17. The van der Waals surface area contributed by atoms with E-state index in [9.17, 15) is 0 Å². The summed E-state index contributed by atoms with van der Waals surface area (Å²) >= 11 is 0. The van der Waals surface area contributed by atoms with Crippen LogP contribution >= 0.6 is 0 Å². The lowest BCUT2D eigenvalue weighted by Crippen LogP contribution is -2.27. The Kier molecular flexibility index (Phi) is 8.77. The first-order valence-corrected chi connectivity index (χ1v) is 8.89. The largest absolute Gasteiger partial charge is 0.316 e. The van der Waals surface area contributed by atoms with E-state index in [1.165, 1.54) is 83.7 Å². The molecular formula is C18H37N. The van der Waals surface area contributed by atoms with Crippen LogP contribution in [-0.2, 0) is 0 Å². The third-order valence-electron chi connectivity index (χ3n) is 4.57. The Bertz CT molecular complexity index is 206. The van der Waals surface area contributed by atoms with Crippen molar-refractivity contribution in [3.8, 4) is 0 Å². The first-order valence-electron chi connectivity index (χ1n) is 8.89. The summed E-state index contributed by atoms with van der Waals surface area (Å²) in [5, 5.41) is 3.66. The van der Waals surface area contributed by atoms with Gasteiger partial charge >= 0.3 is 0 Å². The van der Waals surface area contributed by atoms with Gasteiger partial charge in [0.15, 0.2) is 0 Å². The first-order chi connectivity index (χ1) is 9.18. The van der Waals surface area contributed by atoms with Crippen molar-refractivity contribution >= 4 is 0 Å². The molecule has 1 saturated carbocycles. The number of rotatable bonds is 13. The average Bonchev–Trinajstić information content (AvgIpc) is 3.12. The molecule has 1 fully saturated rings. The second kappa shape index (κ2) is 9.80. The summed E-state index contributed by atoms with van der Waals surface area (Å²) in [6.45, 7) is 9.36. The summed E-state index contributed by atoms with van der Waals surface area (Å²) in [5.41, 5.74) is 0.719. The third-order valence-corrected chi connectivity index (χ3v) is 4.57. The van der Waals surface area contributed by atoms with E-state index in [1.54, 1.807) is 0 Å². The molecule has 0 aromatic rings. The highest BCUT2D eigenvalue weighted by molar-refractivity contribution is 4.94. The van der Waals surface area contributed by atoms with Crippen molar-refractivity contribution in [1.82, 2.24) is 5.32 Å². The summed E-state index contributed by atoms with van der Waals surface area (Å²) in [5.74, 6) is 0.791. The summed E-state index contributed by atoms with van der Waals surface area (Å²) < 4.78 is 0. The molecule has 1 rings (SSSR count). The fraction of sp³-hybridized carbons (Fsp3) is 1.00. The molecule has 0 saturated heterocycles. The van der Waals surface area contributed by atoms with Gasteiger partial charge in [0.1, 0.15) is 0 Å². The molecule has 0 unspecified atom stereocenters. The summed E-state index contributed by atoms with van der Waals surface area (Å²) in [6, 6.07) is 0. The van der Waals surface area contributed by atoms with Crippen molar-refractivity contribution in [1.29, 1.82) is 0 Å². The predicted molar refractivity (Wildman–Crippen MR) is 86.6 cm³/mol. The fourth-order valence-corrected chi connectivity index (χ4v) is 2.95. The Labute approximate surface area is 121 Å². The van der Waals surface area contributed by atoms with Gasteiger partial charge < -0.3 is 5.32 Å². The van der Waals surface area contributed by atoms with Crippen molar-refractivity contribution in [3.05, 3.63) is 0 Å².